The predicted octanol–water partition coefficient (Wildman–Crippen LogP) is 7.46. The number of benzene rings is 3. The fraction of sp³-hybridized carbons (Fsp3) is 0.214. The van der Waals surface area contributed by atoms with Gasteiger partial charge < -0.3 is 9.47 Å². The van der Waals surface area contributed by atoms with Gasteiger partial charge in [-0.1, -0.05) is 72.8 Å². The van der Waals surface area contributed by atoms with Gasteiger partial charge >= 0.3 is 0 Å². The SMILES string of the molecule is COc1ccc(C2C=C(c3ccccc3)OC(C3SCCCS3)=C2c2ccccc2)cc1. The van der Waals surface area contributed by atoms with Crippen LogP contribution in [-0.4, -0.2) is 23.2 Å². The van der Waals surface area contributed by atoms with E-state index in [1.807, 2.05) is 41.7 Å². The van der Waals surface area contributed by atoms with Crippen molar-refractivity contribution in [3.8, 4) is 5.75 Å². The van der Waals surface area contributed by atoms with Crippen molar-refractivity contribution in [2.24, 2.45) is 0 Å². The Bertz CT molecular complexity index is 1100. The first-order chi connectivity index (χ1) is 15.8. The molecule has 2 aliphatic rings. The minimum atomic E-state index is 0.102. The Kier molecular flexibility index (Phi) is 6.61. The summed E-state index contributed by atoms with van der Waals surface area (Å²) in [6.45, 7) is 0. The minimum Gasteiger partial charge on any atom is -0.497 e. The Morgan fingerprint density at radius 1 is 0.781 bits per heavy atom. The molecule has 4 heteroatoms. The van der Waals surface area contributed by atoms with Crippen LogP contribution >= 0.6 is 23.5 Å². The quantitative estimate of drug-likeness (QED) is 0.395. The molecule has 162 valence electrons. The Labute approximate surface area is 198 Å². The summed E-state index contributed by atoms with van der Waals surface area (Å²) in [5.74, 6) is 5.34. The Balaban J connectivity index is 1.68. The van der Waals surface area contributed by atoms with Gasteiger partial charge in [0.1, 0.15) is 21.8 Å². The molecule has 2 heterocycles. The van der Waals surface area contributed by atoms with E-state index in [0.29, 0.717) is 4.58 Å². The molecule has 1 saturated heterocycles. The van der Waals surface area contributed by atoms with Gasteiger partial charge in [0, 0.05) is 17.1 Å². The highest BCUT2D eigenvalue weighted by molar-refractivity contribution is 8.17. The second kappa shape index (κ2) is 9.93. The van der Waals surface area contributed by atoms with Crippen LogP contribution in [0, 0.1) is 0 Å². The number of methoxy groups -OCH3 is 1. The molecule has 0 spiro atoms. The number of allylic oxidation sites excluding steroid dienone is 2. The standard InChI is InChI=1S/C28H26O2S2/c1-29-23-15-13-20(14-16-23)24-19-25(21-9-4-2-5-10-21)30-27(28-31-17-8-18-32-28)26(24)22-11-6-3-7-12-22/h2-7,9-16,19,24,28H,8,17-18H2,1H3. The molecule has 2 aliphatic heterocycles. The maximum absolute atomic E-state index is 6.75. The zero-order chi connectivity index (χ0) is 21.8. The van der Waals surface area contributed by atoms with Crippen LogP contribution in [0.2, 0.25) is 0 Å². The maximum atomic E-state index is 6.75. The molecule has 0 aliphatic carbocycles. The molecule has 5 rings (SSSR count). The topological polar surface area (TPSA) is 18.5 Å². The number of rotatable bonds is 5. The fourth-order valence-electron chi connectivity index (χ4n) is 4.18. The summed E-state index contributed by atoms with van der Waals surface area (Å²) in [7, 11) is 1.71. The summed E-state index contributed by atoms with van der Waals surface area (Å²) in [5.41, 5.74) is 4.84. The summed E-state index contributed by atoms with van der Waals surface area (Å²) < 4.78 is 12.5. The average molecular weight is 459 g/mol. The summed E-state index contributed by atoms with van der Waals surface area (Å²) in [5, 5.41) is 0. The predicted molar refractivity (Wildman–Crippen MR) is 138 cm³/mol. The zero-order valence-corrected chi connectivity index (χ0v) is 19.7. The lowest BCUT2D eigenvalue weighted by Gasteiger charge is -2.33. The van der Waals surface area contributed by atoms with Gasteiger partial charge in [-0.2, -0.15) is 0 Å². The van der Waals surface area contributed by atoms with E-state index in [1.54, 1.807) is 7.11 Å². The normalized spacial score (nSPS) is 19.3. The third-order valence-corrected chi connectivity index (χ3v) is 8.67. The third-order valence-electron chi connectivity index (χ3n) is 5.77. The molecule has 3 aromatic carbocycles. The van der Waals surface area contributed by atoms with Crippen molar-refractivity contribution in [1.82, 2.24) is 0 Å². The van der Waals surface area contributed by atoms with Crippen molar-refractivity contribution in [1.29, 1.82) is 0 Å². The maximum Gasteiger partial charge on any atom is 0.132 e. The van der Waals surface area contributed by atoms with Crippen molar-refractivity contribution < 1.29 is 9.47 Å². The third kappa shape index (κ3) is 4.48. The summed E-state index contributed by atoms with van der Waals surface area (Å²) in [6.07, 6.45) is 3.53. The Morgan fingerprint density at radius 2 is 1.41 bits per heavy atom. The van der Waals surface area contributed by atoms with Crippen molar-refractivity contribution in [3.63, 3.8) is 0 Å². The lowest BCUT2D eigenvalue weighted by atomic mass is 9.83. The van der Waals surface area contributed by atoms with Crippen LogP contribution in [0.1, 0.15) is 29.0 Å². The molecule has 0 saturated carbocycles. The van der Waals surface area contributed by atoms with E-state index in [9.17, 15) is 0 Å². The second-order valence-electron chi connectivity index (χ2n) is 7.82. The second-order valence-corrected chi connectivity index (χ2v) is 10.5. The van der Waals surface area contributed by atoms with Crippen LogP contribution in [0.4, 0.5) is 0 Å². The molecule has 32 heavy (non-hydrogen) atoms. The van der Waals surface area contributed by atoms with Gasteiger partial charge in [-0.25, -0.2) is 0 Å². The van der Waals surface area contributed by atoms with Gasteiger partial charge in [-0.05, 0) is 47.3 Å². The first kappa shape index (κ1) is 21.3. The fourth-order valence-corrected chi connectivity index (χ4v) is 7.03. The molecule has 0 bridgehead atoms. The Morgan fingerprint density at radius 3 is 2.03 bits per heavy atom. The highest BCUT2D eigenvalue weighted by Gasteiger charge is 2.33. The Hall–Kier alpha value is -2.56. The largest absolute Gasteiger partial charge is 0.497 e. The van der Waals surface area contributed by atoms with Crippen molar-refractivity contribution >= 4 is 34.9 Å². The molecule has 0 amide bonds. The van der Waals surface area contributed by atoms with Gasteiger partial charge in [-0.15, -0.1) is 23.5 Å². The van der Waals surface area contributed by atoms with E-state index in [2.05, 4.69) is 72.8 Å². The van der Waals surface area contributed by atoms with E-state index >= 15 is 0 Å². The number of hydrogen-bond donors (Lipinski definition) is 0. The highest BCUT2D eigenvalue weighted by atomic mass is 32.2. The van der Waals surface area contributed by atoms with E-state index in [4.69, 9.17) is 9.47 Å². The average Bonchev–Trinajstić information content (AvgIpc) is 2.89. The highest BCUT2D eigenvalue weighted by Crippen LogP contribution is 2.49. The van der Waals surface area contributed by atoms with Crippen LogP contribution in [0.3, 0.4) is 0 Å². The first-order valence-electron chi connectivity index (χ1n) is 11.0. The van der Waals surface area contributed by atoms with Crippen molar-refractivity contribution in [2.75, 3.05) is 18.6 Å². The zero-order valence-electron chi connectivity index (χ0n) is 18.1. The van der Waals surface area contributed by atoms with Gasteiger partial charge in [0.15, 0.2) is 0 Å². The summed E-state index contributed by atoms with van der Waals surface area (Å²) in [6, 6.07) is 29.6. The lowest BCUT2D eigenvalue weighted by Crippen LogP contribution is -2.19. The number of thioether (sulfide) groups is 2. The number of ether oxygens (including phenoxy) is 2. The summed E-state index contributed by atoms with van der Waals surface area (Å²) >= 11 is 4.00. The monoisotopic (exact) mass is 458 g/mol. The van der Waals surface area contributed by atoms with Gasteiger partial charge in [0.05, 0.1) is 7.11 Å². The van der Waals surface area contributed by atoms with Crippen molar-refractivity contribution in [3.05, 3.63) is 113 Å². The van der Waals surface area contributed by atoms with Crippen LogP contribution in [-0.2, 0) is 4.74 Å². The minimum absolute atomic E-state index is 0.102. The van der Waals surface area contributed by atoms with E-state index < -0.39 is 0 Å². The van der Waals surface area contributed by atoms with Crippen molar-refractivity contribution in [2.45, 2.75) is 16.9 Å². The molecule has 0 N–H and O–H groups in total. The smallest absolute Gasteiger partial charge is 0.132 e. The van der Waals surface area contributed by atoms with E-state index in [-0.39, 0.29) is 5.92 Å². The van der Waals surface area contributed by atoms with Crippen LogP contribution in [0.25, 0.3) is 11.3 Å². The summed E-state index contributed by atoms with van der Waals surface area (Å²) in [4.78, 5) is 0. The molecular weight excluding hydrogens is 432 g/mol. The molecule has 2 nitrogen and oxygen atoms in total. The molecule has 1 fully saturated rings. The lowest BCUT2D eigenvalue weighted by molar-refractivity contribution is 0.375. The number of hydrogen-bond acceptors (Lipinski definition) is 4. The molecule has 3 aromatic rings. The molecule has 1 atom stereocenters. The van der Waals surface area contributed by atoms with Crippen LogP contribution in [0.15, 0.2) is 96.8 Å². The van der Waals surface area contributed by atoms with Crippen LogP contribution < -0.4 is 4.74 Å². The molecule has 0 aromatic heterocycles. The molecular formula is C28H26O2S2. The van der Waals surface area contributed by atoms with E-state index in [0.717, 1.165) is 22.8 Å². The van der Waals surface area contributed by atoms with Gasteiger partial charge in [0.2, 0.25) is 0 Å². The first-order valence-corrected chi connectivity index (χ1v) is 13.0. The molecule has 1 unspecified atom stereocenters. The van der Waals surface area contributed by atoms with Gasteiger partial charge in [0.25, 0.3) is 0 Å². The van der Waals surface area contributed by atoms with Crippen LogP contribution in [0.5, 0.6) is 5.75 Å². The molecule has 0 radical (unpaired) electrons. The van der Waals surface area contributed by atoms with Gasteiger partial charge in [-0.3, -0.25) is 0 Å². The van der Waals surface area contributed by atoms with E-state index in [1.165, 1.54) is 34.6 Å².